The van der Waals surface area contributed by atoms with Crippen molar-refractivity contribution >= 4 is 28.2 Å². The monoisotopic (exact) mass is 661 g/mol. The zero-order valence-corrected chi connectivity index (χ0v) is 28.7. The fourth-order valence-electron chi connectivity index (χ4n) is 8.85. The van der Waals surface area contributed by atoms with Crippen LogP contribution in [0, 0.1) is 0 Å². The van der Waals surface area contributed by atoms with Crippen LogP contribution in [0.4, 0.5) is 17.1 Å². The molecule has 0 amide bonds. The molecule has 8 aromatic carbocycles. The smallest absolute Gasteiger partial charge is 0.0754 e. The molecule has 1 heteroatoms. The molecule has 1 nitrogen and oxygen atoms in total. The lowest BCUT2D eigenvalue weighted by atomic mass is 9.64. The molecule has 244 valence electrons. The average molecular weight is 662 g/mol. The Morgan fingerprint density at radius 2 is 0.712 bits per heavy atom. The zero-order chi connectivity index (χ0) is 34.5. The third-order valence-electron chi connectivity index (χ3n) is 10.9. The highest BCUT2D eigenvalue weighted by Crippen LogP contribution is 2.63. The van der Waals surface area contributed by atoms with Crippen LogP contribution in [0.2, 0.25) is 0 Å². The molecule has 0 saturated carbocycles. The van der Waals surface area contributed by atoms with Gasteiger partial charge in [-0.25, -0.2) is 0 Å². The summed E-state index contributed by atoms with van der Waals surface area (Å²) in [5, 5.41) is 0. The topological polar surface area (TPSA) is 3.24 Å². The minimum atomic E-state index is -0.485. The summed E-state index contributed by atoms with van der Waals surface area (Å²) in [5.41, 5.74) is 18.1. The van der Waals surface area contributed by atoms with Gasteiger partial charge in [0, 0.05) is 5.69 Å². The summed E-state index contributed by atoms with van der Waals surface area (Å²) in [4.78, 5) is 2.44. The van der Waals surface area contributed by atoms with Gasteiger partial charge in [-0.3, -0.25) is 0 Å². The van der Waals surface area contributed by atoms with Crippen LogP contribution in [0.3, 0.4) is 0 Å². The van der Waals surface area contributed by atoms with E-state index in [0.717, 1.165) is 5.69 Å². The van der Waals surface area contributed by atoms with Crippen LogP contribution in [0.1, 0.15) is 44.5 Å². The van der Waals surface area contributed by atoms with Crippen LogP contribution in [0.15, 0.2) is 212 Å². The van der Waals surface area contributed by atoms with Crippen molar-refractivity contribution in [3.05, 3.63) is 257 Å². The first-order chi connectivity index (χ1) is 25.8. The molecule has 8 aromatic rings. The second-order valence-corrected chi connectivity index (χ2v) is 13.6. The van der Waals surface area contributed by atoms with Gasteiger partial charge in [0.1, 0.15) is 0 Å². The van der Waals surface area contributed by atoms with E-state index in [2.05, 4.69) is 217 Å². The van der Waals surface area contributed by atoms with E-state index < -0.39 is 5.41 Å². The molecule has 1 spiro atoms. The Morgan fingerprint density at radius 1 is 0.308 bits per heavy atom. The van der Waals surface area contributed by atoms with Crippen molar-refractivity contribution in [2.75, 3.05) is 4.90 Å². The molecule has 0 radical (unpaired) electrons. The Balaban J connectivity index is 1.29. The van der Waals surface area contributed by atoms with Crippen molar-refractivity contribution in [1.82, 2.24) is 0 Å². The molecule has 0 fully saturated rings. The van der Waals surface area contributed by atoms with Gasteiger partial charge in [0.25, 0.3) is 0 Å². The van der Waals surface area contributed by atoms with Gasteiger partial charge in [-0.05, 0) is 97.1 Å². The first kappa shape index (κ1) is 30.2. The molecule has 1 heterocycles. The maximum atomic E-state index is 2.46. The number of para-hydroxylation sites is 3. The molecule has 52 heavy (non-hydrogen) atoms. The van der Waals surface area contributed by atoms with Gasteiger partial charge in [0.2, 0.25) is 0 Å². The van der Waals surface area contributed by atoms with Crippen LogP contribution in [0.5, 0.6) is 0 Å². The van der Waals surface area contributed by atoms with E-state index in [0.29, 0.717) is 0 Å². The fourth-order valence-corrected chi connectivity index (χ4v) is 8.85. The molecule has 0 unspecified atom stereocenters. The summed E-state index contributed by atoms with van der Waals surface area (Å²) < 4.78 is 0. The number of nitrogens with zero attached hydrogens (tertiary/aromatic N) is 1. The Morgan fingerprint density at radius 3 is 1.25 bits per heavy atom. The lowest BCUT2D eigenvalue weighted by Crippen LogP contribution is -2.36. The minimum Gasteiger partial charge on any atom is -0.310 e. The second-order valence-electron chi connectivity index (χ2n) is 13.6. The number of hydrogen-bond acceptors (Lipinski definition) is 1. The molecule has 10 rings (SSSR count). The Bertz CT molecular complexity index is 2510. The molecule has 0 aromatic heterocycles. The van der Waals surface area contributed by atoms with Gasteiger partial charge in [-0.1, -0.05) is 182 Å². The predicted octanol–water partition coefficient (Wildman–Crippen LogP) is 12.8. The molecular weight excluding hydrogens is 627 g/mol. The van der Waals surface area contributed by atoms with Gasteiger partial charge in [0.05, 0.1) is 16.8 Å². The van der Waals surface area contributed by atoms with Crippen molar-refractivity contribution in [2.45, 2.75) is 5.41 Å². The quantitative estimate of drug-likeness (QED) is 0.166. The highest BCUT2D eigenvalue weighted by atomic mass is 15.2. The summed E-state index contributed by atoms with van der Waals surface area (Å²) in [6, 6.07) is 77.7. The van der Waals surface area contributed by atoms with E-state index in [-0.39, 0.29) is 0 Å². The molecule has 0 saturated heterocycles. The van der Waals surface area contributed by atoms with Crippen molar-refractivity contribution < 1.29 is 0 Å². The largest absolute Gasteiger partial charge is 0.310 e. The number of hydrogen-bond donors (Lipinski definition) is 0. The Hall–Kier alpha value is -6.70. The highest BCUT2D eigenvalue weighted by molar-refractivity contribution is 6.06. The van der Waals surface area contributed by atoms with Gasteiger partial charge in [-0.15, -0.1) is 0 Å². The van der Waals surface area contributed by atoms with Crippen LogP contribution in [-0.4, -0.2) is 0 Å². The first-order valence-corrected chi connectivity index (χ1v) is 18.0. The Kier molecular flexibility index (Phi) is 7.11. The van der Waals surface area contributed by atoms with Crippen LogP contribution < -0.4 is 4.90 Å². The maximum absolute atomic E-state index is 2.46. The van der Waals surface area contributed by atoms with E-state index in [1.807, 2.05) is 0 Å². The van der Waals surface area contributed by atoms with Crippen molar-refractivity contribution in [1.29, 1.82) is 0 Å². The highest BCUT2D eigenvalue weighted by Gasteiger charge is 2.51. The average Bonchev–Trinajstić information content (AvgIpc) is 3.51. The number of benzene rings is 8. The molecule has 0 bridgehead atoms. The van der Waals surface area contributed by atoms with E-state index >= 15 is 0 Å². The maximum Gasteiger partial charge on any atom is 0.0754 e. The third-order valence-corrected chi connectivity index (χ3v) is 10.9. The van der Waals surface area contributed by atoms with E-state index in [9.17, 15) is 0 Å². The van der Waals surface area contributed by atoms with E-state index in [1.165, 1.54) is 78.2 Å². The second kappa shape index (κ2) is 12.3. The van der Waals surface area contributed by atoms with Gasteiger partial charge in [0.15, 0.2) is 0 Å². The fraction of sp³-hybridized carbons (Fsp3) is 0.0196. The van der Waals surface area contributed by atoms with E-state index in [4.69, 9.17) is 0 Å². The first-order valence-electron chi connectivity index (χ1n) is 18.0. The third kappa shape index (κ3) is 4.49. The number of fused-ring (bicyclic) bond motifs is 9. The Labute approximate surface area is 305 Å². The van der Waals surface area contributed by atoms with Crippen molar-refractivity contribution in [2.24, 2.45) is 0 Å². The van der Waals surface area contributed by atoms with Gasteiger partial charge >= 0.3 is 0 Å². The number of rotatable bonds is 5. The SMILES string of the molecule is c1ccc(C(=C(c2ccccc2)c2ccc3c(c2)-c2ccccc2C32c3ccccc3N(c3ccccc3)c3ccccc32)c2ccccc2)cc1. The lowest BCUT2D eigenvalue weighted by Gasteiger charge is -2.45. The summed E-state index contributed by atoms with van der Waals surface area (Å²) in [6.07, 6.45) is 0. The number of anilines is 3. The van der Waals surface area contributed by atoms with Crippen LogP contribution in [-0.2, 0) is 5.41 Å². The van der Waals surface area contributed by atoms with Crippen LogP contribution in [0.25, 0.3) is 22.3 Å². The van der Waals surface area contributed by atoms with Crippen LogP contribution >= 0.6 is 0 Å². The molecule has 2 aliphatic rings. The standard InChI is InChI=1S/C51H35N/c1-5-19-36(20-6-1)49(37-21-7-2-8-22-37)50(38-23-9-3-10-24-38)39-33-34-44-42(35-39)41-27-13-14-28-43(41)51(44)45-29-15-17-31-47(45)52(40-25-11-4-12-26-40)48-32-18-16-30-46(48)51/h1-35H. The van der Waals surface area contributed by atoms with Gasteiger partial charge in [-0.2, -0.15) is 0 Å². The summed E-state index contributed by atoms with van der Waals surface area (Å²) in [5.74, 6) is 0. The zero-order valence-electron chi connectivity index (χ0n) is 28.7. The molecular formula is C51H35N. The van der Waals surface area contributed by atoms with Crippen molar-refractivity contribution in [3.8, 4) is 11.1 Å². The lowest BCUT2D eigenvalue weighted by molar-refractivity contribution is 0.752. The predicted molar refractivity (Wildman–Crippen MR) is 216 cm³/mol. The summed E-state index contributed by atoms with van der Waals surface area (Å²) >= 11 is 0. The van der Waals surface area contributed by atoms with Crippen molar-refractivity contribution in [3.63, 3.8) is 0 Å². The summed E-state index contributed by atoms with van der Waals surface area (Å²) in [6.45, 7) is 0. The van der Waals surface area contributed by atoms with E-state index in [1.54, 1.807) is 0 Å². The molecule has 1 aliphatic heterocycles. The minimum absolute atomic E-state index is 0.485. The summed E-state index contributed by atoms with van der Waals surface area (Å²) in [7, 11) is 0. The molecule has 0 atom stereocenters. The normalized spacial score (nSPS) is 13.1. The molecule has 1 aliphatic carbocycles. The van der Waals surface area contributed by atoms with Gasteiger partial charge < -0.3 is 4.90 Å². The molecule has 0 N–H and O–H groups in total.